The Labute approximate surface area is 158 Å². The number of piperidine rings is 1. The van der Waals surface area contributed by atoms with E-state index in [2.05, 4.69) is 5.32 Å². The largest absolute Gasteiger partial charge is 0.454 e. The van der Waals surface area contributed by atoms with Crippen molar-refractivity contribution in [3.63, 3.8) is 0 Å². The Bertz CT molecular complexity index is 848. The number of hydrogen-bond donors (Lipinski definition) is 1. The molecule has 0 aromatic heterocycles. The molecule has 140 valence electrons. The summed E-state index contributed by atoms with van der Waals surface area (Å²) in [6.07, 6.45) is 3.29. The van der Waals surface area contributed by atoms with Crippen LogP contribution in [0.25, 0.3) is 0 Å². The fourth-order valence-electron chi connectivity index (χ4n) is 3.39. The van der Waals surface area contributed by atoms with E-state index < -0.39 is 0 Å². The highest BCUT2D eigenvalue weighted by Gasteiger charge is 2.19. The van der Waals surface area contributed by atoms with Crippen molar-refractivity contribution in [2.24, 2.45) is 0 Å². The highest BCUT2D eigenvalue weighted by molar-refractivity contribution is 5.96. The quantitative estimate of drug-likeness (QED) is 0.884. The summed E-state index contributed by atoms with van der Waals surface area (Å²) in [5.74, 6) is 1.55. The lowest BCUT2D eigenvalue weighted by atomic mass is 10.1. The Morgan fingerprint density at radius 3 is 2.67 bits per heavy atom. The van der Waals surface area contributed by atoms with Crippen LogP contribution in [0.4, 0.5) is 5.69 Å². The molecule has 6 nitrogen and oxygen atoms in total. The van der Waals surface area contributed by atoms with E-state index in [0.29, 0.717) is 24.9 Å². The van der Waals surface area contributed by atoms with Crippen molar-refractivity contribution in [3.8, 4) is 11.5 Å². The van der Waals surface area contributed by atoms with E-state index in [1.807, 2.05) is 30.3 Å². The van der Waals surface area contributed by atoms with Gasteiger partial charge in [0, 0.05) is 30.8 Å². The molecule has 1 N–H and O–H groups in total. The van der Waals surface area contributed by atoms with Crippen molar-refractivity contribution in [3.05, 3.63) is 53.6 Å². The smallest absolute Gasteiger partial charge is 0.251 e. The van der Waals surface area contributed by atoms with Crippen LogP contribution < -0.4 is 19.7 Å². The minimum atomic E-state index is -0.118. The summed E-state index contributed by atoms with van der Waals surface area (Å²) in [4.78, 5) is 26.1. The monoisotopic (exact) mass is 366 g/mol. The molecule has 2 aromatic carbocycles. The lowest BCUT2D eigenvalue weighted by Crippen LogP contribution is -2.35. The average Bonchev–Trinajstić information content (AvgIpc) is 3.16. The number of nitrogens with zero attached hydrogens (tertiary/aromatic N) is 1. The lowest BCUT2D eigenvalue weighted by Gasteiger charge is -2.26. The van der Waals surface area contributed by atoms with Crippen molar-refractivity contribution in [2.45, 2.75) is 25.7 Å². The summed E-state index contributed by atoms with van der Waals surface area (Å²) in [7, 11) is 0. The number of carbonyl (C=O) groups is 2. The lowest BCUT2D eigenvalue weighted by molar-refractivity contribution is -0.119. The van der Waals surface area contributed by atoms with E-state index in [1.54, 1.807) is 17.0 Å². The maximum atomic E-state index is 12.3. The number of rotatable bonds is 5. The van der Waals surface area contributed by atoms with E-state index in [-0.39, 0.29) is 18.6 Å². The third-order valence-corrected chi connectivity index (χ3v) is 4.90. The first-order valence-corrected chi connectivity index (χ1v) is 9.28. The molecule has 2 heterocycles. The molecule has 1 saturated heterocycles. The summed E-state index contributed by atoms with van der Waals surface area (Å²) in [5.41, 5.74) is 2.53. The maximum absolute atomic E-state index is 12.3. The number of amides is 2. The summed E-state index contributed by atoms with van der Waals surface area (Å²) >= 11 is 0. The van der Waals surface area contributed by atoms with Gasteiger partial charge in [0.2, 0.25) is 12.7 Å². The fraction of sp³-hybridized carbons (Fsp3) is 0.333. The van der Waals surface area contributed by atoms with Gasteiger partial charge in [-0.05, 0) is 61.2 Å². The zero-order chi connectivity index (χ0) is 18.6. The third-order valence-electron chi connectivity index (χ3n) is 4.90. The number of anilines is 1. The van der Waals surface area contributed by atoms with Crippen LogP contribution in [-0.2, 0) is 11.2 Å². The molecule has 2 aliphatic rings. The second-order valence-electron chi connectivity index (χ2n) is 6.74. The van der Waals surface area contributed by atoms with E-state index in [0.717, 1.165) is 42.1 Å². The van der Waals surface area contributed by atoms with Crippen LogP contribution in [0.3, 0.4) is 0 Å². The Balaban J connectivity index is 1.31. The Kier molecular flexibility index (Phi) is 4.96. The molecule has 27 heavy (non-hydrogen) atoms. The summed E-state index contributed by atoms with van der Waals surface area (Å²) < 4.78 is 10.7. The SMILES string of the molecule is O=C(NCCc1ccc2c(c1)OCO2)c1ccc(N2CCCCC2=O)cc1. The minimum Gasteiger partial charge on any atom is -0.454 e. The second-order valence-corrected chi connectivity index (χ2v) is 6.74. The molecule has 2 aliphatic heterocycles. The van der Waals surface area contributed by atoms with Gasteiger partial charge in [0.1, 0.15) is 0 Å². The van der Waals surface area contributed by atoms with Gasteiger partial charge in [0.05, 0.1) is 0 Å². The summed E-state index contributed by atoms with van der Waals surface area (Å²) in [5, 5.41) is 2.93. The number of carbonyl (C=O) groups excluding carboxylic acids is 2. The Hall–Kier alpha value is -3.02. The number of hydrogen-bond acceptors (Lipinski definition) is 4. The van der Waals surface area contributed by atoms with E-state index in [9.17, 15) is 9.59 Å². The number of benzene rings is 2. The van der Waals surface area contributed by atoms with Crippen LogP contribution in [0.1, 0.15) is 35.2 Å². The van der Waals surface area contributed by atoms with Crippen molar-refractivity contribution in [2.75, 3.05) is 24.8 Å². The first-order chi connectivity index (χ1) is 13.2. The van der Waals surface area contributed by atoms with Gasteiger partial charge >= 0.3 is 0 Å². The number of fused-ring (bicyclic) bond motifs is 1. The van der Waals surface area contributed by atoms with Gasteiger partial charge in [-0.15, -0.1) is 0 Å². The minimum absolute atomic E-state index is 0.118. The van der Waals surface area contributed by atoms with Crippen LogP contribution in [-0.4, -0.2) is 31.7 Å². The van der Waals surface area contributed by atoms with Crippen molar-refractivity contribution >= 4 is 17.5 Å². The molecular formula is C21H22N2O4. The molecule has 0 unspecified atom stereocenters. The highest BCUT2D eigenvalue weighted by atomic mass is 16.7. The number of nitrogens with one attached hydrogen (secondary N) is 1. The molecule has 1 fully saturated rings. The molecule has 2 amide bonds. The van der Waals surface area contributed by atoms with Gasteiger partial charge in [-0.2, -0.15) is 0 Å². The molecule has 0 saturated carbocycles. The van der Waals surface area contributed by atoms with Gasteiger partial charge in [-0.25, -0.2) is 0 Å². The predicted molar refractivity (Wildman–Crippen MR) is 101 cm³/mol. The molecule has 0 bridgehead atoms. The first kappa shape index (κ1) is 17.4. The normalized spacial score (nSPS) is 15.7. The number of ether oxygens (including phenoxy) is 2. The zero-order valence-electron chi connectivity index (χ0n) is 15.1. The molecule has 0 atom stereocenters. The van der Waals surface area contributed by atoms with Crippen LogP contribution >= 0.6 is 0 Å². The van der Waals surface area contributed by atoms with Gasteiger partial charge in [-0.3, -0.25) is 9.59 Å². The van der Waals surface area contributed by atoms with Crippen LogP contribution in [0.15, 0.2) is 42.5 Å². The standard InChI is InChI=1S/C21H22N2O4/c24-20-3-1-2-12-23(20)17-7-5-16(6-8-17)21(25)22-11-10-15-4-9-18-19(13-15)27-14-26-18/h4-9,13H,1-3,10-12,14H2,(H,22,25). The third kappa shape index (κ3) is 3.89. The Morgan fingerprint density at radius 1 is 1.04 bits per heavy atom. The van der Waals surface area contributed by atoms with Crippen LogP contribution in [0.5, 0.6) is 11.5 Å². The molecular weight excluding hydrogens is 344 g/mol. The topological polar surface area (TPSA) is 67.9 Å². The van der Waals surface area contributed by atoms with E-state index in [4.69, 9.17) is 9.47 Å². The van der Waals surface area contributed by atoms with Gasteiger partial charge in [0.25, 0.3) is 5.91 Å². The fourth-order valence-corrected chi connectivity index (χ4v) is 3.39. The molecule has 4 rings (SSSR count). The molecule has 0 aliphatic carbocycles. The molecule has 2 aromatic rings. The van der Waals surface area contributed by atoms with Crippen molar-refractivity contribution < 1.29 is 19.1 Å². The van der Waals surface area contributed by atoms with Gasteiger partial charge in [0.15, 0.2) is 11.5 Å². The van der Waals surface area contributed by atoms with Crippen LogP contribution in [0, 0.1) is 0 Å². The first-order valence-electron chi connectivity index (χ1n) is 9.28. The van der Waals surface area contributed by atoms with Crippen molar-refractivity contribution in [1.29, 1.82) is 0 Å². The Morgan fingerprint density at radius 2 is 1.85 bits per heavy atom. The predicted octanol–water partition coefficient (Wildman–Crippen LogP) is 2.90. The van der Waals surface area contributed by atoms with E-state index in [1.165, 1.54) is 0 Å². The maximum Gasteiger partial charge on any atom is 0.251 e. The molecule has 6 heteroatoms. The molecule has 0 spiro atoms. The second kappa shape index (κ2) is 7.70. The zero-order valence-corrected chi connectivity index (χ0v) is 15.1. The highest BCUT2D eigenvalue weighted by Crippen LogP contribution is 2.32. The molecule has 0 radical (unpaired) electrons. The van der Waals surface area contributed by atoms with Gasteiger partial charge in [-0.1, -0.05) is 6.07 Å². The van der Waals surface area contributed by atoms with Crippen LogP contribution in [0.2, 0.25) is 0 Å². The summed E-state index contributed by atoms with van der Waals surface area (Å²) in [6, 6.07) is 13.0. The van der Waals surface area contributed by atoms with Gasteiger partial charge < -0.3 is 19.7 Å². The van der Waals surface area contributed by atoms with E-state index >= 15 is 0 Å². The summed E-state index contributed by atoms with van der Waals surface area (Å²) in [6.45, 7) is 1.54. The average molecular weight is 366 g/mol. The van der Waals surface area contributed by atoms with Crippen molar-refractivity contribution in [1.82, 2.24) is 5.32 Å².